The lowest BCUT2D eigenvalue weighted by molar-refractivity contribution is 0.0443. The van der Waals surface area contributed by atoms with Crippen molar-refractivity contribution in [3.8, 4) is 0 Å². The number of hydrogen-bond donors (Lipinski definition) is 1. The smallest absolute Gasteiger partial charge is 0.374 e. The van der Waals surface area contributed by atoms with E-state index in [1.165, 1.54) is 12.3 Å². The minimum absolute atomic E-state index is 0.0209. The lowest BCUT2D eigenvalue weighted by Gasteiger charge is -2.04. The van der Waals surface area contributed by atoms with Gasteiger partial charge in [0.25, 0.3) is 0 Å². The molecular formula is C16H17NO6. The predicted octanol–water partition coefficient (Wildman–Crippen LogP) is 2.44. The Hall–Kier alpha value is -2.83. The van der Waals surface area contributed by atoms with Crippen LogP contribution in [-0.4, -0.2) is 35.9 Å². The molecule has 0 aliphatic rings. The number of rotatable bonds is 6. The summed E-state index contributed by atoms with van der Waals surface area (Å²) in [4.78, 5) is 38.6. The summed E-state index contributed by atoms with van der Waals surface area (Å²) in [5, 5.41) is 0. The van der Waals surface area contributed by atoms with Crippen molar-refractivity contribution in [3.05, 3.63) is 46.7 Å². The molecule has 7 nitrogen and oxygen atoms in total. The molecule has 2 rings (SSSR count). The van der Waals surface area contributed by atoms with Crippen LogP contribution in [0.25, 0.3) is 0 Å². The first-order chi connectivity index (χ1) is 11.0. The van der Waals surface area contributed by atoms with E-state index < -0.39 is 24.3 Å². The van der Waals surface area contributed by atoms with E-state index in [-0.39, 0.29) is 18.1 Å². The number of aryl methyl sites for hydroxylation is 1. The van der Waals surface area contributed by atoms with Crippen LogP contribution < -0.4 is 0 Å². The normalized spacial score (nSPS) is 10.4. The van der Waals surface area contributed by atoms with E-state index in [2.05, 4.69) is 4.98 Å². The van der Waals surface area contributed by atoms with Gasteiger partial charge in [-0.25, -0.2) is 9.59 Å². The van der Waals surface area contributed by atoms with Crippen molar-refractivity contribution in [1.29, 1.82) is 0 Å². The number of esters is 2. The van der Waals surface area contributed by atoms with Crippen molar-refractivity contribution in [2.75, 3.05) is 13.2 Å². The number of H-pyrrole nitrogens is 1. The van der Waals surface area contributed by atoms with Crippen LogP contribution in [0.3, 0.4) is 0 Å². The molecule has 122 valence electrons. The molecule has 0 atom stereocenters. The summed E-state index contributed by atoms with van der Waals surface area (Å²) in [6, 6.07) is 2.99. The van der Waals surface area contributed by atoms with Gasteiger partial charge in [0.1, 0.15) is 5.69 Å². The molecule has 0 unspecified atom stereocenters. The second-order valence-corrected chi connectivity index (χ2v) is 4.82. The second-order valence-electron chi connectivity index (χ2n) is 4.82. The van der Waals surface area contributed by atoms with Gasteiger partial charge in [-0.3, -0.25) is 4.79 Å². The number of carbonyl (C=O) groups excluding carboxylic acids is 3. The molecule has 23 heavy (non-hydrogen) atoms. The summed E-state index contributed by atoms with van der Waals surface area (Å²) in [5.41, 5.74) is 1.54. The molecule has 0 saturated heterocycles. The van der Waals surface area contributed by atoms with Crippen LogP contribution in [0.1, 0.15) is 49.6 Å². The fourth-order valence-corrected chi connectivity index (χ4v) is 2.24. The van der Waals surface area contributed by atoms with E-state index in [0.29, 0.717) is 16.8 Å². The molecule has 0 radical (unpaired) electrons. The maximum atomic E-state index is 12.3. The third-order valence-electron chi connectivity index (χ3n) is 3.25. The number of furan rings is 1. The van der Waals surface area contributed by atoms with Gasteiger partial charge in [0.05, 0.1) is 12.9 Å². The van der Waals surface area contributed by atoms with Gasteiger partial charge in [-0.2, -0.15) is 0 Å². The van der Waals surface area contributed by atoms with Crippen LogP contribution in [-0.2, 0) is 9.47 Å². The summed E-state index contributed by atoms with van der Waals surface area (Å²) in [7, 11) is 0. The predicted molar refractivity (Wildman–Crippen MR) is 79.5 cm³/mol. The van der Waals surface area contributed by atoms with E-state index >= 15 is 0 Å². The number of hydrogen-bond acceptors (Lipinski definition) is 6. The average Bonchev–Trinajstić information content (AvgIpc) is 3.13. The monoisotopic (exact) mass is 319 g/mol. The number of carbonyl (C=O) groups is 3. The Morgan fingerprint density at radius 3 is 2.52 bits per heavy atom. The number of Topliss-reactive ketones (excluding diaryl/α,β-unsaturated/α-hetero) is 1. The fourth-order valence-electron chi connectivity index (χ4n) is 2.24. The Kier molecular flexibility index (Phi) is 5.00. The van der Waals surface area contributed by atoms with Crippen LogP contribution in [0, 0.1) is 13.8 Å². The largest absolute Gasteiger partial charge is 0.461 e. The van der Waals surface area contributed by atoms with Crippen molar-refractivity contribution in [3.63, 3.8) is 0 Å². The molecule has 0 spiro atoms. The fraction of sp³-hybridized carbons (Fsp3) is 0.312. The first-order valence-corrected chi connectivity index (χ1v) is 7.05. The molecule has 0 aliphatic heterocycles. The third-order valence-corrected chi connectivity index (χ3v) is 3.25. The Balaban J connectivity index is 2.10. The third kappa shape index (κ3) is 3.50. The maximum absolute atomic E-state index is 12.3. The molecule has 0 saturated carbocycles. The Morgan fingerprint density at radius 1 is 1.17 bits per heavy atom. The van der Waals surface area contributed by atoms with Gasteiger partial charge in [-0.15, -0.1) is 0 Å². The number of nitrogens with one attached hydrogen (secondary N) is 1. The molecule has 2 aromatic heterocycles. The van der Waals surface area contributed by atoms with E-state index in [0.717, 1.165) is 0 Å². The van der Waals surface area contributed by atoms with E-state index in [1.807, 2.05) is 0 Å². The van der Waals surface area contributed by atoms with Crippen molar-refractivity contribution >= 4 is 17.7 Å². The molecular weight excluding hydrogens is 302 g/mol. The van der Waals surface area contributed by atoms with Crippen LogP contribution in [0.4, 0.5) is 0 Å². The van der Waals surface area contributed by atoms with Crippen LogP contribution in [0.2, 0.25) is 0 Å². The number of aromatic amines is 1. The molecule has 0 fully saturated rings. The van der Waals surface area contributed by atoms with Crippen molar-refractivity contribution in [2.24, 2.45) is 0 Å². The lowest BCUT2D eigenvalue weighted by atomic mass is 10.1. The van der Waals surface area contributed by atoms with Crippen molar-refractivity contribution in [1.82, 2.24) is 4.98 Å². The highest BCUT2D eigenvalue weighted by Crippen LogP contribution is 2.19. The first kappa shape index (κ1) is 16.5. The number of ketones is 1. The first-order valence-electron chi connectivity index (χ1n) is 7.05. The highest BCUT2D eigenvalue weighted by atomic mass is 16.5. The Morgan fingerprint density at radius 2 is 1.91 bits per heavy atom. The zero-order valence-electron chi connectivity index (χ0n) is 13.1. The topological polar surface area (TPSA) is 98.6 Å². The van der Waals surface area contributed by atoms with Gasteiger partial charge in [-0.05, 0) is 38.5 Å². The minimum atomic E-state index is -0.722. The average molecular weight is 319 g/mol. The van der Waals surface area contributed by atoms with Gasteiger partial charge in [0, 0.05) is 11.3 Å². The molecule has 0 aromatic carbocycles. The van der Waals surface area contributed by atoms with Gasteiger partial charge >= 0.3 is 11.9 Å². The summed E-state index contributed by atoms with van der Waals surface area (Å²) in [5.74, 6) is -1.64. The quantitative estimate of drug-likeness (QED) is 0.648. The van der Waals surface area contributed by atoms with Crippen LogP contribution in [0.15, 0.2) is 22.8 Å². The van der Waals surface area contributed by atoms with Crippen molar-refractivity contribution < 1.29 is 28.3 Å². The van der Waals surface area contributed by atoms with Gasteiger partial charge in [0.2, 0.25) is 11.5 Å². The van der Waals surface area contributed by atoms with Crippen LogP contribution in [0.5, 0.6) is 0 Å². The van der Waals surface area contributed by atoms with Gasteiger partial charge in [0.15, 0.2) is 6.61 Å². The van der Waals surface area contributed by atoms with E-state index in [4.69, 9.17) is 13.9 Å². The van der Waals surface area contributed by atoms with Gasteiger partial charge < -0.3 is 18.9 Å². The van der Waals surface area contributed by atoms with Crippen molar-refractivity contribution in [2.45, 2.75) is 20.8 Å². The Labute approximate surface area is 132 Å². The molecule has 7 heteroatoms. The molecule has 0 bridgehead atoms. The summed E-state index contributed by atoms with van der Waals surface area (Å²) >= 11 is 0. The second kappa shape index (κ2) is 6.95. The molecule has 0 amide bonds. The lowest BCUT2D eigenvalue weighted by Crippen LogP contribution is -2.15. The van der Waals surface area contributed by atoms with Gasteiger partial charge in [-0.1, -0.05) is 0 Å². The zero-order chi connectivity index (χ0) is 17.0. The standard InChI is InChI=1S/C16H17NO6/c1-4-21-16(20)14-9(2)13(10(3)17-14)11(18)8-23-15(19)12-6-5-7-22-12/h5-7,17H,4,8H2,1-3H3. The highest BCUT2D eigenvalue weighted by molar-refractivity contribution is 6.04. The number of ether oxygens (including phenoxy) is 2. The summed E-state index contributed by atoms with van der Waals surface area (Å²) in [6.45, 7) is 4.79. The highest BCUT2D eigenvalue weighted by Gasteiger charge is 2.23. The van der Waals surface area contributed by atoms with Crippen LogP contribution >= 0.6 is 0 Å². The Bertz CT molecular complexity index is 726. The number of aromatic nitrogens is 1. The molecule has 0 aliphatic carbocycles. The SMILES string of the molecule is CCOC(=O)c1[nH]c(C)c(C(=O)COC(=O)c2ccco2)c1C. The van der Waals surface area contributed by atoms with E-state index in [9.17, 15) is 14.4 Å². The zero-order valence-corrected chi connectivity index (χ0v) is 13.1. The summed E-state index contributed by atoms with van der Waals surface area (Å²) in [6.07, 6.45) is 1.34. The van der Waals surface area contributed by atoms with E-state index in [1.54, 1.807) is 26.8 Å². The minimum Gasteiger partial charge on any atom is -0.461 e. The molecule has 2 heterocycles. The maximum Gasteiger partial charge on any atom is 0.374 e. The summed E-state index contributed by atoms with van der Waals surface area (Å²) < 4.78 is 14.7. The molecule has 2 aromatic rings. The molecule has 1 N–H and O–H groups in total.